The summed E-state index contributed by atoms with van der Waals surface area (Å²) in [4.78, 5) is 12.2. The maximum Gasteiger partial charge on any atom is 0.406 e. The number of hydrogen-bond donors (Lipinski definition) is 2. The van der Waals surface area contributed by atoms with E-state index in [1.54, 1.807) is 0 Å². The van der Waals surface area contributed by atoms with Crippen molar-refractivity contribution in [2.24, 2.45) is 0 Å². The van der Waals surface area contributed by atoms with E-state index in [4.69, 9.17) is 5.11 Å². The van der Waals surface area contributed by atoms with Crippen LogP contribution in [0, 0.1) is 0 Å². The largest absolute Gasteiger partial charge is 0.406 e. The van der Waals surface area contributed by atoms with Gasteiger partial charge in [0.1, 0.15) is 6.54 Å². The summed E-state index contributed by atoms with van der Waals surface area (Å²) in [6.45, 7) is 3.92. The minimum Gasteiger partial charge on any atom is -0.395 e. The Hall–Kier alpha value is -0.820. The van der Waals surface area contributed by atoms with Crippen LogP contribution in [0.4, 0.5) is 13.2 Å². The summed E-state index contributed by atoms with van der Waals surface area (Å²) in [5, 5.41) is 11.7. The maximum atomic E-state index is 12.2. The summed E-state index contributed by atoms with van der Waals surface area (Å²) in [7, 11) is 0. The summed E-state index contributed by atoms with van der Waals surface area (Å²) in [6, 6.07) is 0. The molecule has 0 saturated carbocycles. The topological polar surface area (TPSA) is 52.6 Å². The molecule has 0 aromatic carbocycles. The highest BCUT2D eigenvalue weighted by molar-refractivity contribution is 5.76. The van der Waals surface area contributed by atoms with Crippen molar-refractivity contribution in [1.29, 1.82) is 0 Å². The van der Waals surface area contributed by atoms with Crippen LogP contribution in [0.15, 0.2) is 0 Å². The molecule has 0 aromatic rings. The van der Waals surface area contributed by atoms with Crippen molar-refractivity contribution in [3.8, 4) is 0 Å². The molecule has 2 N–H and O–H groups in total. The molecule has 0 aliphatic rings. The smallest absolute Gasteiger partial charge is 0.395 e. The Labute approximate surface area is 105 Å². The van der Waals surface area contributed by atoms with E-state index in [1.807, 2.05) is 20.8 Å². The lowest BCUT2D eigenvalue weighted by Crippen LogP contribution is -2.43. The fraction of sp³-hybridized carbons (Fsp3) is 0.909. The number of nitrogens with zero attached hydrogens (tertiary/aromatic N) is 1. The number of amides is 1. The number of hydrogen-bond acceptors (Lipinski definition) is 3. The van der Waals surface area contributed by atoms with E-state index in [1.165, 1.54) is 0 Å². The molecule has 7 heteroatoms. The van der Waals surface area contributed by atoms with Crippen molar-refractivity contribution in [3.63, 3.8) is 0 Å². The first kappa shape index (κ1) is 17.2. The molecule has 0 aliphatic carbocycles. The number of nitrogens with one attached hydrogen (secondary N) is 1. The minimum atomic E-state index is -4.44. The molecule has 0 unspecified atom stereocenters. The van der Waals surface area contributed by atoms with Crippen LogP contribution in [0.1, 0.15) is 27.2 Å². The second-order valence-corrected chi connectivity index (χ2v) is 5.08. The van der Waals surface area contributed by atoms with E-state index < -0.39 is 25.2 Å². The van der Waals surface area contributed by atoms with E-state index in [0.717, 1.165) is 0 Å². The molecule has 0 spiro atoms. The second kappa shape index (κ2) is 6.94. The van der Waals surface area contributed by atoms with Gasteiger partial charge in [-0.15, -0.1) is 0 Å². The molecule has 18 heavy (non-hydrogen) atoms. The van der Waals surface area contributed by atoms with Gasteiger partial charge in [0.25, 0.3) is 0 Å². The van der Waals surface area contributed by atoms with Crippen molar-refractivity contribution >= 4 is 5.91 Å². The van der Waals surface area contributed by atoms with Crippen LogP contribution in [0.5, 0.6) is 0 Å². The van der Waals surface area contributed by atoms with Crippen LogP contribution >= 0.6 is 0 Å². The highest BCUT2D eigenvalue weighted by Crippen LogP contribution is 2.16. The summed E-state index contributed by atoms with van der Waals surface area (Å²) in [6.07, 6.45) is -4.46. The molecule has 0 aromatic heterocycles. The van der Waals surface area contributed by atoms with Gasteiger partial charge in [0.05, 0.1) is 6.61 Å². The second-order valence-electron chi connectivity index (χ2n) is 5.08. The Kier molecular flexibility index (Phi) is 6.62. The zero-order chi connectivity index (χ0) is 14.4. The molecule has 0 aliphatic heterocycles. The number of carbonyl (C=O) groups excluding carboxylic acids is 1. The van der Waals surface area contributed by atoms with Crippen LogP contribution in [0.2, 0.25) is 0 Å². The molecular formula is C11H21F3N2O2. The number of carbonyl (C=O) groups is 1. The predicted molar refractivity (Wildman–Crippen MR) is 62.1 cm³/mol. The van der Waals surface area contributed by atoms with Gasteiger partial charge in [0, 0.05) is 25.0 Å². The average molecular weight is 270 g/mol. The van der Waals surface area contributed by atoms with E-state index in [9.17, 15) is 18.0 Å². The predicted octanol–water partition coefficient (Wildman–Crippen LogP) is 1.15. The van der Waals surface area contributed by atoms with Crippen molar-refractivity contribution in [2.75, 3.05) is 26.2 Å². The fourth-order valence-corrected chi connectivity index (χ4v) is 1.33. The minimum absolute atomic E-state index is 0.0205. The van der Waals surface area contributed by atoms with E-state index in [2.05, 4.69) is 5.32 Å². The normalized spacial score (nSPS) is 12.6. The molecule has 1 amide bonds. The number of rotatable bonds is 6. The van der Waals surface area contributed by atoms with E-state index in [-0.39, 0.29) is 18.5 Å². The summed E-state index contributed by atoms with van der Waals surface area (Å²) < 4.78 is 36.6. The first-order valence-electron chi connectivity index (χ1n) is 5.75. The fourth-order valence-electron chi connectivity index (χ4n) is 1.33. The molecule has 0 heterocycles. The quantitative estimate of drug-likeness (QED) is 0.761. The lowest BCUT2D eigenvalue weighted by Gasteiger charge is -2.25. The zero-order valence-corrected chi connectivity index (χ0v) is 11.0. The van der Waals surface area contributed by atoms with Crippen LogP contribution in [0.25, 0.3) is 0 Å². The van der Waals surface area contributed by atoms with Gasteiger partial charge in [-0.3, -0.25) is 4.79 Å². The van der Waals surface area contributed by atoms with Crippen LogP contribution in [-0.4, -0.2) is 53.9 Å². The van der Waals surface area contributed by atoms with Gasteiger partial charge in [-0.25, -0.2) is 0 Å². The Morgan fingerprint density at radius 1 is 1.28 bits per heavy atom. The van der Waals surface area contributed by atoms with Crippen molar-refractivity contribution < 1.29 is 23.1 Å². The van der Waals surface area contributed by atoms with E-state index in [0.29, 0.717) is 11.4 Å². The van der Waals surface area contributed by atoms with Gasteiger partial charge in [-0.05, 0) is 20.8 Å². The van der Waals surface area contributed by atoms with Crippen LogP contribution in [0.3, 0.4) is 0 Å². The first-order valence-corrected chi connectivity index (χ1v) is 5.75. The molecule has 0 fully saturated rings. The zero-order valence-electron chi connectivity index (χ0n) is 11.0. The monoisotopic (exact) mass is 270 g/mol. The van der Waals surface area contributed by atoms with Gasteiger partial charge in [0.15, 0.2) is 0 Å². The Bertz CT molecular complexity index is 262. The van der Waals surface area contributed by atoms with Crippen molar-refractivity contribution in [3.05, 3.63) is 0 Å². The Balaban J connectivity index is 4.23. The molecule has 0 rings (SSSR count). The van der Waals surface area contributed by atoms with Gasteiger partial charge in [-0.2, -0.15) is 13.2 Å². The van der Waals surface area contributed by atoms with Crippen molar-refractivity contribution in [2.45, 2.75) is 38.9 Å². The summed E-state index contributed by atoms with van der Waals surface area (Å²) >= 11 is 0. The SMILES string of the molecule is CC(C)(C)NCCC(=O)N(CCO)CC(F)(F)F. The van der Waals surface area contributed by atoms with Gasteiger partial charge in [0.2, 0.25) is 5.91 Å². The standard InChI is InChI=1S/C11H21F3N2O2/c1-10(2,3)15-5-4-9(18)16(6-7-17)8-11(12,13)14/h15,17H,4-8H2,1-3H3. The summed E-state index contributed by atoms with van der Waals surface area (Å²) in [5.74, 6) is -0.613. The van der Waals surface area contributed by atoms with Crippen LogP contribution < -0.4 is 5.32 Å². The third-order valence-electron chi connectivity index (χ3n) is 2.09. The lowest BCUT2D eigenvalue weighted by atomic mass is 10.1. The number of aliphatic hydroxyl groups excluding tert-OH is 1. The Morgan fingerprint density at radius 2 is 1.83 bits per heavy atom. The molecule has 0 radical (unpaired) electrons. The molecule has 4 nitrogen and oxygen atoms in total. The maximum absolute atomic E-state index is 12.2. The molecule has 0 atom stereocenters. The molecule has 108 valence electrons. The highest BCUT2D eigenvalue weighted by atomic mass is 19.4. The summed E-state index contributed by atoms with van der Waals surface area (Å²) in [5.41, 5.74) is -0.188. The van der Waals surface area contributed by atoms with Gasteiger partial charge >= 0.3 is 6.18 Å². The van der Waals surface area contributed by atoms with E-state index >= 15 is 0 Å². The molecule has 0 bridgehead atoms. The third kappa shape index (κ3) is 9.23. The average Bonchev–Trinajstić information content (AvgIpc) is 2.12. The highest BCUT2D eigenvalue weighted by Gasteiger charge is 2.32. The lowest BCUT2D eigenvalue weighted by molar-refractivity contribution is -0.162. The molecule has 0 saturated heterocycles. The third-order valence-corrected chi connectivity index (χ3v) is 2.09. The number of alkyl halides is 3. The Morgan fingerprint density at radius 3 is 2.22 bits per heavy atom. The first-order chi connectivity index (χ1) is 8.05. The number of aliphatic hydroxyl groups is 1. The van der Waals surface area contributed by atoms with Gasteiger partial charge in [-0.1, -0.05) is 0 Å². The van der Waals surface area contributed by atoms with Crippen molar-refractivity contribution in [1.82, 2.24) is 10.2 Å². The van der Waals surface area contributed by atoms with Crippen LogP contribution in [-0.2, 0) is 4.79 Å². The molecular weight excluding hydrogens is 249 g/mol. The number of halogens is 3. The van der Waals surface area contributed by atoms with Gasteiger partial charge < -0.3 is 15.3 Å².